The first kappa shape index (κ1) is 14.6. The van der Waals surface area contributed by atoms with Gasteiger partial charge in [0.15, 0.2) is 0 Å². The summed E-state index contributed by atoms with van der Waals surface area (Å²) < 4.78 is 4.67. The first-order chi connectivity index (χ1) is 9.54. The largest absolute Gasteiger partial charge is 0.465 e. The van der Waals surface area contributed by atoms with Crippen LogP contribution in [0.3, 0.4) is 0 Å². The van der Waals surface area contributed by atoms with Gasteiger partial charge in [-0.2, -0.15) is 11.8 Å². The SMILES string of the molecule is COC(=O)c1ccc([N+](=O)[O-])c(N2CCSCC2C)c1. The molecule has 1 aliphatic rings. The van der Waals surface area contributed by atoms with Crippen molar-refractivity contribution in [2.75, 3.05) is 30.1 Å². The highest BCUT2D eigenvalue weighted by Crippen LogP contribution is 2.33. The predicted molar refractivity (Wildman–Crippen MR) is 78.6 cm³/mol. The van der Waals surface area contributed by atoms with Gasteiger partial charge in [0.05, 0.1) is 17.6 Å². The normalized spacial score (nSPS) is 18.7. The molecule has 1 fully saturated rings. The number of nitro benzene ring substituents is 1. The van der Waals surface area contributed by atoms with Crippen LogP contribution < -0.4 is 4.90 Å². The van der Waals surface area contributed by atoms with Gasteiger partial charge in [-0.15, -0.1) is 0 Å². The summed E-state index contributed by atoms with van der Waals surface area (Å²) in [5.74, 6) is 1.35. The zero-order valence-electron chi connectivity index (χ0n) is 11.4. The highest BCUT2D eigenvalue weighted by molar-refractivity contribution is 7.99. The van der Waals surface area contributed by atoms with E-state index in [1.807, 2.05) is 23.6 Å². The van der Waals surface area contributed by atoms with Crippen molar-refractivity contribution in [3.8, 4) is 0 Å². The fourth-order valence-electron chi connectivity index (χ4n) is 2.24. The molecule has 108 valence electrons. The quantitative estimate of drug-likeness (QED) is 0.484. The van der Waals surface area contributed by atoms with Gasteiger partial charge in [0.1, 0.15) is 5.69 Å². The Morgan fingerprint density at radius 3 is 2.90 bits per heavy atom. The van der Waals surface area contributed by atoms with Gasteiger partial charge in [-0.3, -0.25) is 10.1 Å². The van der Waals surface area contributed by atoms with E-state index in [-0.39, 0.29) is 11.7 Å². The lowest BCUT2D eigenvalue weighted by atomic mass is 10.1. The topological polar surface area (TPSA) is 72.7 Å². The molecule has 1 saturated heterocycles. The second-order valence-corrected chi connectivity index (χ2v) is 5.72. The average molecular weight is 296 g/mol. The molecule has 0 N–H and O–H groups in total. The maximum absolute atomic E-state index is 11.6. The van der Waals surface area contributed by atoms with Crippen LogP contribution in [0.5, 0.6) is 0 Å². The zero-order chi connectivity index (χ0) is 14.7. The fraction of sp³-hybridized carbons (Fsp3) is 0.462. The van der Waals surface area contributed by atoms with E-state index in [9.17, 15) is 14.9 Å². The number of hydrogen-bond acceptors (Lipinski definition) is 6. The van der Waals surface area contributed by atoms with Crippen molar-refractivity contribution in [1.82, 2.24) is 0 Å². The van der Waals surface area contributed by atoms with Crippen LogP contribution in [0.1, 0.15) is 17.3 Å². The van der Waals surface area contributed by atoms with Crippen LogP contribution in [0.25, 0.3) is 0 Å². The predicted octanol–water partition coefficient (Wildman–Crippen LogP) is 2.32. The lowest BCUT2D eigenvalue weighted by molar-refractivity contribution is -0.384. The van der Waals surface area contributed by atoms with E-state index in [1.54, 1.807) is 6.07 Å². The van der Waals surface area contributed by atoms with Crippen molar-refractivity contribution in [2.45, 2.75) is 13.0 Å². The minimum absolute atomic E-state index is 0.0244. The molecule has 0 aliphatic carbocycles. The molecule has 1 atom stereocenters. The maximum Gasteiger partial charge on any atom is 0.337 e. The molecule has 6 nitrogen and oxygen atoms in total. The van der Waals surface area contributed by atoms with Gasteiger partial charge in [0.25, 0.3) is 5.69 Å². The van der Waals surface area contributed by atoms with Gasteiger partial charge in [-0.1, -0.05) is 0 Å². The molecule has 0 amide bonds. The van der Waals surface area contributed by atoms with E-state index in [4.69, 9.17) is 0 Å². The number of methoxy groups -OCH3 is 1. The summed E-state index contributed by atoms with van der Waals surface area (Å²) in [6, 6.07) is 4.55. The number of hydrogen-bond donors (Lipinski definition) is 0. The molecule has 0 aromatic heterocycles. The number of nitrogens with zero attached hydrogens (tertiary/aromatic N) is 2. The maximum atomic E-state index is 11.6. The smallest absolute Gasteiger partial charge is 0.337 e. The van der Waals surface area contributed by atoms with E-state index in [2.05, 4.69) is 4.74 Å². The standard InChI is InChI=1S/C13H16N2O4S/c1-9-8-20-6-5-14(9)12-7-10(13(16)19-2)3-4-11(12)15(17)18/h3-4,7,9H,5-6,8H2,1-2H3. The van der Waals surface area contributed by atoms with E-state index < -0.39 is 10.9 Å². The third-order valence-electron chi connectivity index (χ3n) is 3.27. The molecule has 0 spiro atoms. The summed E-state index contributed by atoms with van der Waals surface area (Å²) in [6.07, 6.45) is 0. The summed E-state index contributed by atoms with van der Waals surface area (Å²) in [5.41, 5.74) is 0.848. The number of anilines is 1. The Kier molecular flexibility index (Phi) is 4.49. The summed E-state index contributed by atoms with van der Waals surface area (Å²) in [7, 11) is 1.30. The minimum atomic E-state index is -0.486. The molecule has 0 saturated carbocycles. The van der Waals surface area contributed by atoms with Crippen molar-refractivity contribution in [3.05, 3.63) is 33.9 Å². The summed E-state index contributed by atoms with van der Waals surface area (Å²) in [6.45, 7) is 2.76. The fourth-order valence-corrected chi connectivity index (χ4v) is 3.25. The van der Waals surface area contributed by atoms with Crippen molar-refractivity contribution in [2.24, 2.45) is 0 Å². The molecule has 1 aromatic carbocycles. The Hall–Kier alpha value is -1.76. The molecular formula is C13H16N2O4S. The van der Waals surface area contributed by atoms with Gasteiger partial charge >= 0.3 is 5.97 Å². The van der Waals surface area contributed by atoms with Gasteiger partial charge in [-0.05, 0) is 19.1 Å². The number of carbonyl (C=O) groups excluding carboxylic acids is 1. The van der Waals surface area contributed by atoms with Crippen molar-refractivity contribution in [3.63, 3.8) is 0 Å². The lowest BCUT2D eigenvalue weighted by Crippen LogP contribution is -2.40. The van der Waals surface area contributed by atoms with E-state index in [0.29, 0.717) is 11.3 Å². The van der Waals surface area contributed by atoms with Gasteiger partial charge < -0.3 is 9.64 Å². The number of thioether (sulfide) groups is 1. The van der Waals surface area contributed by atoms with Gasteiger partial charge in [0.2, 0.25) is 0 Å². The molecule has 2 rings (SSSR count). The average Bonchev–Trinajstić information content (AvgIpc) is 2.46. The van der Waals surface area contributed by atoms with Crippen LogP contribution in [0.4, 0.5) is 11.4 Å². The second kappa shape index (κ2) is 6.13. The van der Waals surface area contributed by atoms with E-state index in [1.165, 1.54) is 19.2 Å². The summed E-state index contributed by atoms with van der Waals surface area (Å²) >= 11 is 1.83. The number of rotatable bonds is 3. The number of ether oxygens (including phenoxy) is 1. The van der Waals surface area contributed by atoms with Crippen molar-refractivity contribution in [1.29, 1.82) is 0 Å². The van der Waals surface area contributed by atoms with Crippen LogP contribution in [0.15, 0.2) is 18.2 Å². The monoisotopic (exact) mass is 296 g/mol. The summed E-state index contributed by atoms with van der Waals surface area (Å²) in [5, 5.41) is 11.2. The Morgan fingerprint density at radius 1 is 1.55 bits per heavy atom. The molecule has 1 aliphatic heterocycles. The van der Waals surface area contributed by atoms with Crippen LogP contribution in [0.2, 0.25) is 0 Å². The van der Waals surface area contributed by atoms with Gasteiger partial charge in [0, 0.05) is 30.2 Å². The van der Waals surface area contributed by atoms with Crippen LogP contribution >= 0.6 is 11.8 Å². The second-order valence-electron chi connectivity index (χ2n) is 4.57. The Bertz CT molecular complexity index is 535. The molecule has 1 unspecified atom stereocenters. The highest BCUT2D eigenvalue weighted by Gasteiger charge is 2.27. The third kappa shape index (κ3) is 2.87. The number of carbonyl (C=O) groups is 1. The first-order valence-electron chi connectivity index (χ1n) is 6.25. The first-order valence-corrected chi connectivity index (χ1v) is 7.41. The number of nitro groups is 1. The molecule has 20 heavy (non-hydrogen) atoms. The van der Waals surface area contributed by atoms with Crippen LogP contribution in [-0.4, -0.2) is 42.1 Å². The van der Waals surface area contributed by atoms with Crippen molar-refractivity contribution >= 4 is 29.1 Å². The Balaban J connectivity index is 2.46. The molecule has 7 heteroatoms. The van der Waals surface area contributed by atoms with E-state index >= 15 is 0 Å². The van der Waals surface area contributed by atoms with Gasteiger partial charge in [-0.25, -0.2) is 4.79 Å². The minimum Gasteiger partial charge on any atom is -0.465 e. The number of esters is 1. The van der Waals surface area contributed by atoms with Crippen LogP contribution in [-0.2, 0) is 4.74 Å². The Labute approximate surface area is 121 Å². The molecule has 0 radical (unpaired) electrons. The summed E-state index contributed by atoms with van der Waals surface area (Å²) in [4.78, 5) is 24.4. The molecule has 1 heterocycles. The highest BCUT2D eigenvalue weighted by atomic mass is 32.2. The lowest BCUT2D eigenvalue weighted by Gasteiger charge is -2.34. The third-order valence-corrected chi connectivity index (χ3v) is 4.46. The Morgan fingerprint density at radius 2 is 2.30 bits per heavy atom. The molecule has 1 aromatic rings. The van der Waals surface area contributed by atoms with Crippen molar-refractivity contribution < 1.29 is 14.5 Å². The number of benzene rings is 1. The van der Waals surface area contributed by atoms with Crippen LogP contribution in [0, 0.1) is 10.1 Å². The molecule has 0 bridgehead atoms. The van der Waals surface area contributed by atoms with E-state index in [0.717, 1.165) is 18.1 Å². The zero-order valence-corrected chi connectivity index (χ0v) is 12.2. The molecular weight excluding hydrogens is 280 g/mol.